The van der Waals surface area contributed by atoms with Crippen LogP contribution < -0.4 is 4.90 Å². The highest BCUT2D eigenvalue weighted by Gasteiger charge is 2.55. The average Bonchev–Trinajstić information content (AvgIpc) is 3.16. The highest BCUT2D eigenvalue weighted by atomic mass is 19.1. The van der Waals surface area contributed by atoms with Crippen molar-refractivity contribution < 1.29 is 13.9 Å². The molecule has 0 radical (unpaired) electrons. The summed E-state index contributed by atoms with van der Waals surface area (Å²) < 4.78 is 18.8. The molecule has 0 aliphatic carbocycles. The van der Waals surface area contributed by atoms with Gasteiger partial charge in [-0.1, -0.05) is 0 Å². The van der Waals surface area contributed by atoms with Crippen molar-refractivity contribution in [2.24, 2.45) is 5.41 Å². The Morgan fingerprint density at radius 2 is 1.96 bits per heavy atom. The van der Waals surface area contributed by atoms with E-state index in [1.807, 2.05) is 9.80 Å². The number of amides is 1. The zero-order chi connectivity index (χ0) is 16.0. The van der Waals surface area contributed by atoms with E-state index in [4.69, 9.17) is 4.74 Å². The fourth-order valence-corrected chi connectivity index (χ4v) is 4.09. The summed E-state index contributed by atoms with van der Waals surface area (Å²) >= 11 is 0. The van der Waals surface area contributed by atoms with Crippen LogP contribution in [-0.2, 0) is 9.53 Å². The second-order valence-electron chi connectivity index (χ2n) is 6.93. The van der Waals surface area contributed by atoms with Crippen LogP contribution in [0, 0.1) is 11.2 Å². The predicted molar refractivity (Wildman–Crippen MR) is 81.4 cm³/mol. The molecular weight excluding hydrogens is 299 g/mol. The molecule has 3 aliphatic rings. The molecule has 7 heteroatoms. The molecule has 23 heavy (non-hydrogen) atoms. The van der Waals surface area contributed by atoms with Gasteiger partial charge in [0.2, 0.25) is 11.9 Å². The summed E-state index contributed by atoms with van der Waals surface area (Å²) in [6.45, 7) is 4.68. The molecule has 4 heterocycles. The largest absolute Gasteiger partial charge is 0.374 e. The van der Waals surface area contributed by atoms with Crippen LogP contribution in [0.25, 0.3) is 0 Å². The Morgan fingerprint density at radius 1 is 1.26 bits per heavy atom. The van der Waals surface area contributed by atoms with Gasteiger partial charge in [-0.3, -0.25) is 4.79 Å². The first-order valence-electron chi connectivity index (χ1n) is 8.23. The standard InChI is InChI=1S/C16H21FN4O2/c1-16(8-12-2-3-13(16)23-12)14(22)20-4-6-21(7-5-20)15-18-9-11(17)10-19-15/h9-10,12-13H,2-8H2,1H3. The van der Waals surface area contributed by atoms with E-state index in [-0.39, 0.29) is 23.5 Å². The lowest BCUT2D eigenvalue weighted by Gasteiger charge is -2.40. The zero-order valence-electron chi connectivity index (χ0n) is 13.2. The number of carbonyl (C=O) groups excluding carboxylic acids is 1. The molecule has 4 rings (SSSR count). The van der Waals surface area contributed by atoms with Crippen LogP contribution >= 0.6 is 0 Å². The Bertz CT molecular complexity index is 603. The number of carbonyl (C=O) groups is 1. The number of aromatic nitrogens is 2. The van der Waals surface area contributed by atoms with E-state index in [9.17, 15) is 9.18 Å². The number of hydrogen-bond donors (Lipinski definition) is 0. The number of piperazine rings is 1. The first-order chi connectivity index (χ1) is 11.1. The van der Waals surface area contributed by atoms with Gasteiger partial charge in [0.25, 0.3) is 0 Å². The van der Waals surface area contributed by atoms with Crippen molar-refractivity contribution in [2.45, 2.75) is 38.4 Å². The van der Waals surface area contributed by atoms with Crippen LogP contribution in [0.5, 0.6) is 0 Å². The van der Waals surface area contributed by atoms with Gasteiger partial charge < -0.3 is 14.5 Å². The third kappa shape index (κ3) is 2.47. The van der Waals surface area contributed by atoms with Gasteiger partial charge in [-0.25, -0.2) is 14.4 Å². The number of rotatable bonds is 2. The molecule has 3 fully saturated rings. The third-order valence-electron chi connectivity index (χ3n) is 5.41. The van der Waals surface area contributed by atoms with Crippen LogP contribution in [0.4, 0.5) is 10.3 Å². The van der Waals surface area contributed by atoms with E-state index >= 15 is 0 Å². The lowest BCUT2D eigenvalue weighted by molar-refractivity contribution is -0.144. The Morgan fingerprint density at radius 3 is 2.52 bits per heavy atom. The van der Waals surface area contributed by atoms with Crippen molar-refractivity contribution in [1.29, 1.82) is 0 Å². The molecule has 124 valence electrons. The Kier molecular flexibility index (Phi) is 3.48. The lowest BCUT2D eigenvalue weighted by atomic mass is 9.74. The van der Waals surface area contributed by atoms with Gasteiger partial charge in [0.15, 0.2) is 5.82 Å². The van der Waals surface area contributed by atoms with E-state index in [0.29, 0.717) is 32.1 Å². The fourth-order valence-electron chi connectivity index (χ4n) is 4.09. The van der Waals surface area contributed by atoms with Crippen molar-refractivity contribution in [3.8, 4) is 0 Å². The molecule has 0 spiro atoms. The Balaban J connectivity index is 1.39. The first kappa shape index (κ1) is 14.8. The minimum absolute atomic E-state index is 0.0819. The molecule has 1 aromatic rings. The molecule has 0 N–H and O–H groups in total. The van der Waals surface area contributed by atoms with Crippen molar-refractivity contribution >= 4 is 11.9 Å². The molecule has 1 aromatic heterocycles. The number of ether oxygens (including phenoxy) is 1. The zero-order valence-corrected chi connectivity index (χ0v) is 13.2. The van der Waals surface area contributed by atoms with Crippen LogP contribution in [0.15, 0.2) is 12.4 Å². The van der Waals surface area contributed by atoms with Crippen LogP contribution in [-0.4, -0.2) is 59.2 Å². The van der Waals surface area contributed by atoms with Gasteiger partial charge in [-0.15, -0.1) is 0 Å². The molecule has 1 amide bonds. The molecule has 3 unspecified atom stereocenters. The quantitative estimate of drug-likeness (QED) is 0.820. The summed E-state index contributed by atoms with van der Waals surface area (Å²) in [5.41, 5.74) is -0.364. The highest BCUT2D eigenvalue weighted by Crippen LogP contribution is 2.48. The maximum Gasteiger partial charge on any atom is 0.231 e. The van der Waals surface area contributed by atoms with Gasteiger partial charge in [0.05, 0.1) is 30.0 Å². The summed E-state index contributed by atoms with van der Waals surface area (Å²) in [5, 5.41) is 0. The molecule has 0 saturated carbocycles. The number of fused-ring (bicyclic) bond motifs is 2. The maximum absolute atomic E-state index is 12.9. The van der Waals surface area contributed by atoms with Crippen molar-refractivity contribution in [3.05, 3.63) is 18.2 Å². The minimum atomic E-state index is -0.438. The monoisotopic (exact) mass is 320 g/mol. The van der Waals surface area contributed by atoms with Gasteiger partial charge in [0.1, 0.15) is 0 Å². The Labute approximate surface area is 134 Å². The van der Waals surface area contributed by atoms with Crippen LogP contribution in [0.2, 0.25) is 0 Å². The van der Waals surface area contributed by atoms with Crippen LogP contribution in [0.3, 0.4) is 0 Å². The summed E-state index contributed by atoms with van der Waals surface area (Å²) in [6.07, 6.45) is 5.62. The topological polar surface area (TPSA) is 58.6 Å². The molecular formula is C16H21FN4O2. The number of anilines is 1. The SMILES string of the molecule is CC1(C(=O)N2CCN(c3ncc(F)cn3)CC2)CC2CCC1O2. The van der Waals surface area contributed by atoms with Gasteiger partial charge in [-0.2, -0.15) is 0 Å². The lowest BCUT2D eigenvalue weighted by Crippen LogP contribution is -2.55. The first-order valence-corrected chi connectivity index (χ1v) is 8.23. The summed E-state index contributed by atoms with van der Waals surface area (Å²) in [7, 11) is 0. The van der Waals surface area contributed by atoms with Crippen molar-refractivity contribution in [3.63, 3.8) is 0 Å². The van der Waals surface area contributed by atoms with Gasteiger partial charge in [-0.05, 0) is 26.2 Å². The summed E-state index contributed by atoms with van der Waals surface area (Å²) in [6, 6.07) is 0. The fraction of sp³-hybridized carbons (Fsp3) is 0.688. The van der Waals surface area contributed by atoms with Crippen molar-refractivity contribution in [2.75, 3.05) is 31.1 Å². The van der Waals surface area contributed by atoms with E-state index in [1.165, 1.54) is 12.4 Å². The number of nitrogens with zero attached hydrogens (tertiary/aromatic N) is 4. The smallest absolute Gasteiger partial charge is 0.231 e. The molecule has 0 aromatic carbocycles. The molecule has 3 atom stereocenters. The number of halogens is 1. The van der Waals surface area contributed by atoms with E-state index in [1.54, 1.807) is 0 Å². The van der Waals surface area contributed by atoms with Gasteiger partial charge >= 0.3 is 0 Å². The minimum Gasteiger partial charge on any atom is -0.374 e. The number of hydrogen-bond acceptors (Lipinski definition) is 5. The van der Waals surface area contributed by atoms with Crippen LogP contribution in [0.1, 0.15) is 26.2 Å². The predicted octanol–water partition coefficient (Wildman–Crippen LogP) is 1.22. The van der Waals surface area contributed by atoms with E-state index in [2.05, 4.69) is 16.9 Å². The van der Waals surface area contributed by atoms with E-state index < -0.39 is 5.82 Å². The Hall–Kier alpha value is -1.76. The molecule has 2 bridgehead atoms. The summed E-state index contributed by atoms with van der Waals surface area (Å²) in [5.74, 6) is 0.295. The van der Waals surface area contributed by atoms with Gasteiger partial charge in [0, 0.05) is 26.2 Å². The molecule has 3 aliphatic heterocycles. The highest BCUT2D eigenvalue weighted by molar-refractivity contribution is 5.84. The van der Waals surface area contributed by atoms with Crippen molar-refractivity contribution in [1.82, 2.24) is 14.9 Å². The second kappa shape index (κ2) is 5.40. The maximum atomic E-state index is 12.9. The summed E-state index contributed by atoms with van der Waals surface area (Å²) in [4.78, 5) is 24.9. The normalized spacial score (nSPS) is 33.3. The van der Waals surface area contributed by atoms with E-state index in [0.717, 1.165) is 19.3 Å². The second-order valence-corrected chi connectivity index (χ2v) is 6.93. The average molecular weight is 320 g/mol. The third-order valence-corrected chi connectivity index (χ3v) is 5.41. The molecule has 6 nitrogen and oxygen atoms in total. The molecule has 3 saturated heterocycles.